The smallest absolute Gasteiger partial charge is 0.237 e. The SMILES string of the molecule is Cc1ccnc(NC(=O)C2CCN(CC(=O)N(Cc3ccccc3)C(C)(C)C)CC2)c1. The van der Waals surface area contributed by atoms with Gasteiger partial charge in [-0.15, -0.1) is 0 Å². The van der Waals surface area contributed by atoms with Crippen LogP contribution in [-0.2, 0) is 16.1 Å². The standard InChI is InChI=1S/C25H34N4O2/c1-19-10-13-26-22(16-19)27-24(31)21-11-14-28(15-12-21)18-23(30)29(25(2,3)4)17-20-8-6-5-7-9-20/h5-10,13,16,21H,11-12,14-15,17-18H2,1-4H3,(H,26,27,31). The molecule has 1 aromatic carbocycles. The molecule has 2 amide bonds. The third kappa shape index (κ3) is 6.62. The largest absolute Gasteiger partial charge is 0.332 e. The molecule has 2 heterocycles. The van der Waals surface area contributed by atoms with Gasteiger partial charge in [-0.25, -0.2) is 4.98 Å². The summed E-state index contributed by atoms with van der Waals surface area (Å²) in [6.45, 7) is 10.7. The fraction of sp³-hybridized carbons (Fsp3) is 0.480. The van der Waals surface area contributed by atoms with Crippen LogP contribution in [0.3, 0.4) is 0 Å². The van der Waals surface area contributed by atoms with Crippen molar-refractivity contribution >= 4 is 17.6 Å². The predicted molar refractivity (Wildman–Crippen MR) is 124 cm³/mol. The fourth-order valence-electron chi connectivity index (χ4n) is 3.93. The summed E-state index contributed by atoms with van der Waals surface area (Å²) in [6.07, 6.45) is 3.20. The first-order chi connectivity index (χ1) is 14.7. The van der Waals surface area contributed by atoms with Crippen LogP contribution >= 0.6 is 0 Å². The van der Waals surface area contributed by atoms with Crippen LogP contribution in [-0.4, -0.2) is 51.8 Å². The first-order valence-electron chi connectivity index (χ1n) is 11.0. The summed E-state index contributed by atoms with van der Waals surface area (Å²) in [6, 6.07) is 13.9. The molecule has 0 atom stereocenters. The molecule has 31 heavy (non-hydrogen) atoms. The van der Waals surface area contributed by atoms with Crippen LogP contribution in [0.1, 0.15) is 44.7 Å². The average molecular weight is 423 g/mol. The van der Waals surface area contributed by atoms with Crippen molar-refractivity contribution in [2.75, 3.05) is 25.0 Å². The van der Waals surface area contributed by atoms with E-state index in [0.29, 0.717) is 18.9 Å². The number of amides is 2. The van der Waals surface area contributed by atoms with Gasteiger partial charge in [-0.3, -0.25) is 14.5 Å². The number of hydrogen-bond acceptors (Lipinski definition) is 4. The van der Waals surface area contributed by atoms with E-state index in [0.717, 1.165) is 37.1 Å². The lowest BCUT2D eigenvalue weighted by atomic mass is 9.95. The summed E-state index contributed by atoms with van der Waals surface area (Å²) in [5.74, 6) is 0.703. The van der Waals surface area contributed by atoms with Crippen LogP contribution in [0.15, 0.2) is 48.7 Å². The van der Waals surface area contributed by atoms with E-state index >= 15 is 0 Å². The number of piperidine rings is 1. The summed E-state index contributed by atoms with van der Waals surface area (Å²) in [7, 11) is 0. The van der Waals surface area contributed by atoms with Crippen molar-refractivity contribution in [3.05, 3.63) is 59.8 Å². The highest BCUT2D eigenvalue weighted by molar-refractivity contribution is 5.91. The number of likely N-dealkylation sites (tertiary alicyclic amines) is 1. The van der Waals surface area contributed by atoms with Gasteiger partial charge in [0.25, 0.3) is 0 Å². The van der Waals surface area contributed by atoms with E-state index in [4.69, 9.17) is 0 Å². The number of anilines is 1. The molecule has 6 nitrogen and oxygen atoms in total. The van der Waals surface area contributed by atoms with E-state index in [-0.39, 0.29) is 23.3 Å². The van der Waals surface area contributed by atoms with Crippen LogP contribution in [0.2, 0.25) is 0 Å². The minimum Gasteiger partial charge on any atom is -0.332 e. The molecule has 6 heteroatoms. The Labute approximate surface area is 185 Å². The highest BCUT2D eigenvalue weighted by atomic mass is 16.2. The molecular formula is C25H34N4O2. The number of pyridine rings is 1. The second kappa shape index (κ2) is 10.1. The molecule has 1 N–H and O–H groups in total. The number of hydrogen-bond donors (Lipinski definition) is 1. The van der Waals surface area contributed by atoms with Gasteiger partial charge in [-0.1, -0.05) is 30.3 Å². The molecule has 0 bridgehead atoms. The summed E-state index contributed by atoms with van der Waals surface area (Å²) < 4.78 is 0. The third-order valence-corrected chi connectivity index (χ3v) is 5.78. The molecular weight excluding hydrogens is 388 g/mol. The molecule has 0 spiro atoms. The van der Waals surface area contributed by atoms with E-state index < -0.39 is 0 Å². The quantitative estimate of drug-likeness (QED) is 0.768. The fourth-order valence-corrected chi connectivity index (χ4v) is 3.93. The van der Waals surface area contributed by atoms with Gasteiger partial charge in [0.1, 0.15) is 5.82 Å². The Kier molecular flexibility index (Phi) is 7.44. The molecule has 0 saturated carbocycles. The molecule has 1 aliphatic rings. The van der Waals surface area contributed by atoms with E-state index in [1.54, 1.807) is 6.20 Å². The van der Waals surface area contributed by atoms with Crippen molar-refractivity contribution in [1.29, 1.82) is 0 Å². The molecule has 0 unspecified atom stereocenters. The molecule has 166 valence electrons. The maximum Gasteiger partial charge on any atom is 0.237 e. The van der Waals surface area contributed by atoms with Crippen LogP contribution in [0.5, 0.6) is 0 Å². The number of benzene rings is 1. The molecule has 2 aromatic rings. The van der Waals surface area contributed by atoms with Gasteiger partial charge < -0.3 is 10.2 Å². The van der Waals surface area contributed by atoms with Crippen LogP contribution in [0, 0.1) is 12.8 Å². The summed E-state index contributed by atoms with van der Waals surface area (Å²) in [5, 5.41) is 2.93. The van der Waals surface area contributed by atoms with Crippen molar-refractivity contribution in [3.63, 3.8) is 0 Å². The molecule has 1 saturated heterocycles. The minimum absolute atomic E-state index is 0.0180. The second-order valence-electron chi connectivity index (χ2n) is 9.39. The van der Waals surface area contributed by atoms with Gasteiger partial charge in [-0.2, -0.15) is 0 Å². The van der Waals surface area contributed by atoms with E-state index in [2.05, 4.69) is 48.1 Å². The van der Waals surface area contributed by atoms with Gasteiger partial charge in [-0.05, 0) is 76.9 Å². The Balaban J connectivity index is 1.52. The van der Waals surface area contributed by atoms with E-state index in [1.807, 2.05) is 42.2 Å². The predicted octanol–water partition coefficient (Wildman–Crippen LogP) is 3.87. The van der Waals surface area contributed by atoms with Crippen LogP contribution in [0.25, 0.3) is 0 Å². The molecule has 3 rings (SSSR count). The van der Waals surface area contributed by atoms with E-state index in [9.17, 15) is 9.59 Å². The zero-order valence-electron chi connectivity index (χ0n) is 19.1. The first-order valence-corrected chi connectivity index (χ1v) is 11.0. The Morgan fingerprint density at radius 3 is 2.42 bits per heavy atom. The highest BCUT2D eigenvalue weighted by Crippen LogP contribution is 2.22. The van der Waals surface area contributed by atoms with Crippen molar-refractivity contribution in [3.8, 4) is 0 Å². The molecule has 0 radical (unpaired) electrons. The van der Waals surface area contributed by atoms with Crippen molar-refractivity contribution in [2.24, 2.45) is 5.92 Å². The second-order valence-corrected chi connectivity index (χ2v) is 9.39. The Morgan fingerprint density at radius 2 is 1.81 bits per heavy atom. The lowest BCUT2D eigenvalue weighted by Crippen LogP contribution is -2.50. The first kappa shape index (κ1) is 22.9. The normalized spacial score (nSPS) is 15.5. The number of carbonyl (C=O) groups is 2. The topological polar surface area (TPSA) is 65.5 Å². The van der Waals surface area contributed by atoms with Gasteiger partial charge in [0.2, 0.25) is 11.8 Å². The number of aryl methyl sites for hydroxylation is 1. The lowest BCUT2D eigenvalue weighted by molar-refractivity contribution is -0.138. The Morgan fingerprint density at radius 1 is 1.13 bits per heavy atom. The number of aromatic nitrogens is 1. The van der Waals surface area contributed by atoms with E-state index in [1.165, 1.54) is 0 Å². The molecule has 0 aliphatic carbocycles. The van der Waals surface area contributed by atoms with Crippen molar-refractivity contribution in [1.82, 2.24) is 14.8 Å². The van der Waals surface area contributed by atoms with Gasteiger partial charge in [0, 0.05) is 24.2 Å². The van der Waals surface area contributed by atoms with Crippen molar-refractivity contribution < 1.29 is 9.59 Å². The maximum absolute atomic E-state index is 13.1. The highest BCUT2D eigenvalue weighted by Gasteiger charge is 2.30. The summed E-state index contributed by atoms with van der Waals surface area (Å²) >= 11 is 0. The maximum atomic E-state index is 13.1. The Hall–Kier alpha value is -2.73. The third-order valence-electron chi connectivity index (χ3n) is 5.78. The lowest BCUT2D eigenvalue weighted by Gasteiger charge is -2.38. The Bertz CT molecular complexity index is 884. The van der Waals surface area contributed by atoms with Gasteiger partial charge >= 0.3 is 0 Å². The number of nitrogens with one attached hydrogen (secondary N) is 1. The van der Waals surface area contributed by atoms with Gasteiger partial charge in [0.15, 0.2) is 0 Å². The number of nitrogens with zero attached hydrogens (tertiary/aromatic N) is 3. The summed E-state index contributed by atoms with van der Waals surface area (Å²) in [4.78, 5) is 34.1. The molecule has 1 aliphatic heterocycles. The monoisotopic (exact) mass is 422 g/mol. The average Bonchev–Trinajstić information content (AvgIpc) is 2.72. The molecule has 1 fully saturated rings. The van der Waals surface area contributed by atoms with Crippen LogP contribution in [0.4, 0.5) is 5.82 Å². The van der Waals surface area contributed by atoms with Crippen LogP contribution < -0.4 is 5.32 Å². The minimum atomic E-state index is -0.258. The van der Waals surface area contributed by atoms with Crippen molar-refractivity contribution in [2.45, 2.75) is 52.6 Å². The summed E-state index contributed by atoms with van der Waals surface area (Å²) in [5.41, 5.74) is 1.94. The number of carbonyl (C=O) groups excluding carboxylic acids is 2. The number of rotatable bonds is 6. The molecule has 1 aromatic heterocycles. The zero-order valence-corrected chi connectivity index (χ0v) is 19.1. The van der Waals surface area contributed by atoms with Gasteiger partial charge in [0.05, 0.1) is 6.54 Å². The zero-order chi connectivity index (χ0) is 22.4.